The quantitative estimate of drug-likeness (QED) is 0.747. The van der Waals surface area contributed by atoms with E-state index in [1.165, 1.54) is 14.0 Å². The van der Waals surface area contributed by atoms with Gasteiger partial charge in [0.1, 0.15) is 0 Å². The van der Waals surface area contributed by atoms with Crippen molar-refractivity contribution < 1.29 is 23.0 Å². The van der Waals surface area contributed by atoms with Crippen LogP contribution in [0.2, 0.25) is 0 Å². The van der Waals surface area contributed by atoms with Crippen molar-refractivity contribution in [3.63, 3.8) is 0 Å². The monoisotopic (exact) mass is 231 g/mol. The molecule has 16 heavy (non-hydrogen) atoms. The van der Waals surface area contributed by atoms with Crippen LogP contribution in [-0.2, 0) is 4.74 Å². The molecular weight excluding hydrogens is 220 g/mol. The highest BCUT2D eigenvalue weighted by Gasteiger charge is 2.20. The fraction of sp³-hybridized carbons (Fsp3) is 0.400. The predicted molar refractivity (Wildman–Crippen MR) is 51.8 cm³/mol. The van der Waals surface area contributed by atoms with Gasteiger partial charge in [-0.25, -0.2) is 18.6 Å². The molecule has 0 radical (unpaired) electrons. The first-order chi connectivity index (χ1) is 7.51. The molecule has 0 aliphatic rings. The standard InChI is InChI=1S/C10H11F2NO3/c1-5-6(8(11)12)4-7(10(14)16-3)13-9(5)15-2/h4,8H,1-3H3. The number of aromatic nitrogens is 1. The van der Waals surface area contributed by atoms with Crippen molar-refractivity contribution in [2.75, 3.05) is 14.2 Å². The van der Waals surface area contributed by atoms with Gasteiger partial charge < -0.3 is 9.47 Å². The molecule has 4 nitrogen and oxygen atoms in total. The van der Waals surface area contributed by atoms with Crippen LogP contribution in [0.1, 0.15) is 28.0 Å². The van der Waals surface area contributed by atoms with Crippen LogP contribution in [0.3, 0.4) is 0 Å². The molecule has 1 heterocycles. The largest absolute Gasteiger partial charge is 0.481 e. The first kappa shape index (κ1) is 12.4. The number of ether oxygens (including phenoxy) is 2. The van der Waals surface area contributed by atoms with E-state index in [0.717, 1.165) is 13.2 Å². The smallest absolute Gasteiger partial charge is 0.356 e. The number of hydrogen-bond donors (Lipinski definition) is 0. The number of alkyl halides is 2. The number of pyridine rings is 1. The Kier molecular flexibility index (Phi) is 3.76. The normalized spacial score (nSPS) is 10.4. The van der Waals surface area contributed by atoms with Crippen molar-refractivity contribution in [2.45, 2.75) is 13.3 Å². The number of nitrogens with zero attached hydrogens (tertiary/aromatic N) is 1. The summed E-state index contributed by atoms with van der Waals surface area (Å²) in [7, 11) is 2.45. The highest BCUT2D eigenvalue weighted by atomic mass is 19.3. The van der Waals surface area contributed by atoms with E-state index in [1.54, 1.807) is 0 Å². The van der Waals surface area contributed by atoms with Gasteiger partial charge in [0.05, 0.1) is 14.2 Å². The Morgan fingerprint density at radius 3 is 2.50 bits per heavy atom. The number of carbonyl (C=O) groups excluding carboxylic acids is 1. The number of esters is 1. The Labute approximate surface area is 91.2 Å². The number of methoxy groups -OCH3 is 2. The zero-order chi connectivity index (χ0) is 12.3. The van der Waals surface area contributed by atoms with E-state index in [1.807, 2.05) is 0 Å². The lowest BCUT2D eigenvalue weighted by atomic mass is 10.1. The van der Waals surface area contributed by atoms with Crippen molar-refractivity contribution in [3.05, 3.63) is 22.9 Å². The molecule has 0 aliphatic heterocycles. The Bertz CT molecular complexity index is 407. The van der Waals surface area contributed by atoms with E-state index in [9.17, 15) is 13.6 Å². The Morgan fingerprint density at radius 2 is 2.06 bits per heavy atom. The van der Waals surface area contributed by atoms with Crippen LogP contribution < -0.4 is 4.74 Å². The summed E-state index contributed by atoms with van der Waals surface area (Å²) in [4.78, 5) is 15.0. The minimum absolute atomic E-state index is 0.00167. The Morgan fingerprint density at radius 1 is 1.44 bits per heavy atom. The molecule has 0 bridgehead atoms. The molecule has 0 unspecified atom stereocenters. The first-order valence-corrected chi connectivity index (χ1v) is 4.43. The first-order valence-electron chi connectivity index (χ1n) is 4.43. The molecule has 6 heteroatoms. The van der Waals surface area contributed by atoms with Crippen molar-refractivity contribution in [1.82, 2.24) is 4.98 Å². The molecule has 0 fully saturated rings. The highest BCUT2D eigenvalue weighted by Crippen LogP contribution is 2.28. The minimum Gasteiger partial charge on any atom is -0.481 e. The van der Waals surface area contributed by atoms with Gasteiger partial charge >= 0.3 is 5.97 Å². The van der Waals surface area contributed by atoms with E-state index in [-0.39, 0.29) is 22.7 Å². The van der Waals surface area contributed by atoms with Crippen molar-refractivity contribution >= 4 is 5.97 Å². The highest BCUT2D eigenvalue weighted by molar-refractivity contribution is 5.87. The second kappa shape index (κ2) is 4.87. The van der Waals surface area contributed by atoms with E-state index in [4.69, 9.17) is 4.74 Å². The third-order valence-electron chi connectivity index (χ3n) is 2.09. The molecule has 0 aliphatic carbocycles. The van der Waals surface area contributed by atoms with E-state index in [0.29, 0.717) is 0 Å². The van der Waals surface area contributed by atoms with E-state index >= 15 is 0 Å². The maximum absolute atomic E-state index is 12.7. The third-order valence-corrected chi connectivity index (χ3v) is 2.09. The number of halogens is 2. The maximum atomic E-state index is 12.7. The average molecular weight is 231 g/mol. The third kappa shape index (κ3) is 2.26. The summed E-state index contributed by atoms with van der Waals surface area (Å²) in [5, 5.41) is 0. The molecule has 0 spiro atoms. The SMILES string of the molecule is COC(=O)c1cc(C(F)F)c(C)c(OC)n1. The molecule has 0 saturated heterocycles. The predicted octanol–water partition coefficient (Wildman–Crippen LogP) is 2.12. The van der Waals surface area contributed by atoms with Crippen molar-refractivity contribution in [3.8, 4) is 5.88 Å². The summed E-state index contributed by atoms with van der Waals surface area (Å²) < 4.78 is 34.5. The summed E-state index contributed by atoms with van der Waals surface area (Å²) >= 11 is 0. The fourth-order valence-electron chi connectivity index (χ4n) is 1.24. The van der Waals surface area contributed by atoms with Crippen LogP contribution in [-0.4, -0.2) is 25.2 Å². The number of hydrogen-bond acceptors (Lipinski definition) is 4. The lowest BCUT2D eigenvalue weighted by Crippen LogP contribution is -2.08. The lowest BCUT2D eigenvalue weighted by Gasteiger charge is -2.10. The molecule has 0 N–H and O–H groups in total. The van der Waals surface area contributed by atoms with Gasteiger partial charge in [-0.15, -0.1) is 0 Å². The summed E-state index contributed by atoms with van der Waals surface area (Å²) in [6.07, 6.45) is -2.69. The molecule has 0 amide bonds. The summed E-state index contributed by atoms with van der Waals surface area (Å²) in [5.41, 5.74) is -0.266. The molecule has 0 atom stereocenters. The van der Waals surface area contributed by atoms with Gasteiger partial charge in [0.15, 0.2) is 5.69 Å². The van der Waals surface area contributed by atoms with Crippen LogP contribution >= 0.6 is 0 Å². The number of rotatable bonds is 3. The van der Waals surface area contributed by atoms with Gasteiger partial charge in [-0.2, -0.15) is 0 Å². The molecule has 0 saturated carbocycles. The summed E-state index contributed by atoms with van der Waals surface area (Å²) in [6, 6.07) is 1.01. The van der Waals surface area contributed by atoms with Gasteiger partial charge in [-0.05, 0) is 13.0 Å². The lowest BCUT2D eigenvalue weighted by molar-refractivity contribution is 0.0592. The molecule has 88 valence electrons. The van der Waals surface area contributed by atoms with Crippen LogP contribution in [0, 0.1) is 6.92 Å². The fourth-order valence-corrected chi connectivity index (χ4v) is 1.24. The molecule has 1 aromatic rings. The van der Waals surface area contributed by atoms with E-state index < -0.39 is 12.4 Å². The van der Waals surface area contributed by atoms with E-state index in [2.05, 4.69) is 9.72 Å². The molecule has 1 aromatic heterocycles. The number of carbonyl (C=O) groups is 1. The zero-order valence-corrected chi connectivity index (χ0v) is 9.08. The van der Waals surface area contributed by atoms with Crippen molar-refractivity contribution in [2.24, 2.45) is 0 Å². The Balaban J connectivity index is 3.34. The summed E-state index contributed by atoms with van der Waals surface area (Å²) in [6.45, 7) is 1.45. The topological polar surface area (TPSA) is 48.4 Å². The Hall–Kier alpha value is -1.72. The van der Waals surface area contributed by atoms with Crippen LogP contribution in [0.15, 0.2) is 6.07 Å². The summed E-state index contributed by atoms with van der Waals surface area (Å²) in [5.74, 6) is -0.779. The van der Waals surface area contributed by atoms with Crippen LogP contribution in [0.4, 0.5) is 8.78 Å². The van der Waals surface area contributed by atoms with Gasteiger partial charge in [0, 0.05) is 11.1 Å². The van der Waals surface area contributed by atoms with Crippen LogP contribution in [0.25, 0.3) is 0 Å². The van der Waals surface area contributed by atoms with Gasteiger partial charge in [0.2, 0.25) is 5.88 Å². The molecule has 0 aromatic carbocycles. The minimum atomic E-state index is -2.69. The second-order valence-electron chi connectivity index (χ2n) is 3.02. The average Bonchev–Trinajstić information content (AvgIpc) is 2.27. The van der Waals surface area contributed by atoms with Crippen molar-refractivity contribution in [1.29, 1.82) is 0 Å². The van der Waals surface area contributed by atoms with Gasteiger partial charge in [-0.1, -0.05) is 0 Å². The maximum Gasteiger partial charge on any atom is 0.356 e. The van der Waals surface area contributed by atoms with Crippen LogP contribution in [0.5, 0.6) is 5.88 Å². The second-order valence-corrected chi connectivity index (χ2v) is 3.02. The molecule has 1 rings (SSSR count). The molecular formula is C10H11F2NO3. The van der Waals surface area contributed by atoms with Gasteiger partial charge in [-0.3, -0.25) is 0 Å². The zero-order valence-electron chi connectivity index (χ0n) is 9.08. The van der Waals surface area contributed by atoms with Gasteiger partial charge in [0.25, 0.3) is 6.43 Å².